The second-order valence-electron chi connectivity index (χ2n) is 5.99. The van der Waals surface area contributed by atoms with Gasteiger partial charge in [-0.25, -0.2) is 4.79 Å². The summed E-state index contributed by atoms with van der Waals surface area (Å²) >= 11 is 12.0. The smallest absolute Gasteiger partial charge is 0.339 e. The minimum absolute atomic E-state index is 0.335. The van der Waals surface area contributed by atoms with Gasteiger partial charge in [-0.3, -0.25) is 9.78 Å². The number of anilines is 1. The molecule has 0 aliphatic rings. The highest BCUT2D eigenvalue weighted by Gasteiger charge is 2.21. The Morgan fingerprint density at radius 3 is 2.63 bits per heavy atom. The van der Waals surface area contributed by atoms with E-state index in [1.165, 1.54) is 13.0 Å². The molecular weight excluding hydrogens is 387 g/mol. The number of fused-ring (bicyclic) bond motifs is 1. The number of benzene rings is 2. The topological polar surface area (TPSA) is 68.3 Å². The van der Waals surface area contributed by atoms with Gasteiger partial charge in [-0.2, -0.15) is 0 Å². The van der Waals surface area contributed by atoms with Gasteiger partial charge in [0.2, 0.25) is 0 Å². The summed E-state index contributed by atoms with van der Waals surface area (Å²) in [5.41, 5.74) is 2.08. The monoisotopic (exact) mass is 402 g/mol. The molecule has 1 heterocycles. The van der Waals surface area contributed by atoms with E-state index in [1.54, 1.807) is 31.2 Å². The number of esters is 1. The number of carbonyl (C=O) groups is 2. The van der Waals surface area contributed by atoms with E-state index in [0.717, 1.165) is 0 Å². The highest BCUT2D eigenvalue weighted by Crippen LogP contribution is 2.26. The molecule has 7 heteroatoms. The Kier molecular flexibility index (Phi) is 5.63. The summed E-state index contributed by atoms with van der Waals surface area (Å²) in [7, 11) is 0. The molecule has 138 valence electrons. The molecule has 0 spiro atoms. The van der Waals surface area contributed by atoms with Crippen LogP contribution < -0.4 is 5.32 Å². The number of hydrogen-bond acceptors (Lipinski definition) is 4. The number of nitrogens with one attached hydrogen (secondary N) is 1. The van der Waals surface area contributed by atoms with Gasteiger partial charge >= 0.3 is 5.97 Å². The van der Waals surface area contributed by atoms with Crippen LogP contribution in [0.25, 0.3) is 10.9 Å². The van der Waals surface area contributed by atoms with Crippen LogP contribution in [0.3, 0.4) is 0 Å². The first kappa shape index (κ1) is 19.1. The van der Waals surface area contributed by atoms with Gasteiger partial charge in [0.1, 0.15) is 0 Å². The fraction of sp³-hybridized carbons (Fsp3) is 0.150. The van der Waals surface area contributed by atoms with Crippen LogP contribution in [0, 0.1) is 6.92 Å². The number of nitrogens with zero attached hydrogens (tertiary/aromatic N) is 1. The van der Waals surface area contributed by atoms with Crippen molar-refractivity contribution in [2.75, 3.05) is 5.32 Å². The SMILES string of the molecule is Cc1cc(C(=O)OC(C)C(=O)Nc2cc(Cl)ccc2Cl)c2ccccc2n1. The molecule has 1 N–H and O–H groups in total. The Morgan fingerprint density at radius 1 is 1.11 bits per heavy atom. The Bertz CT molecular complexity index is 1040. The van der Waals surface area contributed by atoms with E-state index < -0.39 is 18.0 Å². The number of aryl methyl sites for hydroxylation is 1. The third-order valence-corrected chi connectivity index (χ3v) is 4.47. The summed E-state index contributed by atoms with van der Waals surface area (Å²) < 4.78 is 5.35. The lowest BCUT2D eigenvalue weighted by atomic mass is 10.1. The number of halogens is 2. The average molecular weight is 403 g/mol. The molecule has 0 aliphatic heterocycles. The molecule has 27 heavy (non-hydrogen) atoms. The maximum Gasteiger partial charge on any atom is 0.339 e. The van der Waals surface area contributed by atoms with Gasteiger partial charge in [0.25, 0.3) is 5.91 Å². The van der Waals surface area contributed by atoms with Crippen molar-refractivity contribution in [3.05, 3.63) is 69.8 Å². The normalized spacial score (nSPS) is 11.9. The Hall–Kier alpha value is -2.63. The van der Waals surface area contributed by atoms with Crippen molar-refractivity contribution in [1.82, 2.24) is 4.98 Å². The number of aromatic nitrogens is 1. The van der Waals surface area contributed by atoms with E-state index in [0.29, 0.717) is 37.9 Å². The predicted molar refractivity (Wildman–Crippen MR) is 106 cm³/mol. The van der Waals surface area contributed by atoms with Crippen LogP contribution in [0.1, 0.15) is 23.0 Å². The van der Waals surface area contributed by atoms with Gasteiger partial charge in [0, 0.05) is 16.1 Å². The molecule has 1 atom stereocenters. The van der Waals surface area contributed by atoms with E-state index in [2.05, 4.69) is 10.3 Å². The molecule has 0 aliphatic carbocycles. The zero-order valence-corrected chi connectivity index (χ0v) is 16.1. The fourth-order valence-electron chi connectivity index (χ4n) is 2.58. The first-order valence-corrected chi connectivity index (χ1v) is 8.94. The van der Waals surface area contributed by atoms with Gasteiger partial charge in [-0.1, -0.05) is 41.4 Å². The lowest BCUT2D eigenvalue weighted by Crippen LogP contribution is -2.30. The third-order valence-electron chi connectivity index (χ3n) is 3.90. The van der Waals surface area contributed by atoms with Crippen LogP contribution in [0.15, 0.2) is 48.5 Å². The molecule has 1 amide bonds. The van der Waals surface area contributed by atoms with Crippen LogP contribution >= 0.6 is 23.2 Å². The number of hydrogen-bond donors (Lipinski definition) is 1. The van der Waals surface area contributed by atoms with Crippen molar-refractivity contribution in [2.45, 2.75) is 20.0 Å². The first-order chi connectivity index (χ1) is 12.8. The maximum absolute atomic E-state index is 12.6. The highest BCUT2D eigenvalue weighted by molar-refractivity contribution is 6.35. The van der Waals surface area contributed by atoms with Crippen molar-refractivity contribution < 1.29 is 14.3 Å². The van der Waals surface area contributed by atoms with Crippen LogP contribution in [-0.4, -0.2) is 23.0 Å². The first-order valence-electron chi connectivity index (χ1n) is 8.18. The number of rotatable bonds is 4. The summed E-state index contributed by atoms with van der Waals surface area (Å²) in [4.78, 5) is 29.4. The van der Waals surface area contributed by atoms with E-state index in [4.69, 9.17) is 27.9 Å². The van der Waals surface area contributed by atoms with E-state index in [1.807, 2.05) is 18.2 Å². The molecule has 1 unspecified atom stereocenters. The molecule has 0 bridgehead atoms. The van der Waals surface area contributed by atoms with Gasteiger partial charge in [0.05, 0.1) is 21.8 Å². The molecule has 2 aromatic carbocycles. The summed E-state index contributed by atoms with van der Waals surface area (Å²) in [6.07, 6.45) is -1.03. The lowest BCUT2D eigenvalue weighted by Gasteiger charge is -2.15. The van der Waals surface area contributed by atoms with Crippen LogP contribution in [-0.2, 0) is 9.53 Å². The van der Waals surface area contributed by atoms with Crippen LogP contribution in [0.5, 0.6) is 0 Å². The molecular formula is C20H16Cl2N2O3. The largest absolute Gasteiger partial charge is 0.449 e. The summed E-state index contributed by atoms with van der Waals surface area (Å²) in [6.45, 7) is 3.28. The number of ether oxygens (including phenoxy) is 1. The molecule has 3 aromatic rings. The molecule has 3 rings (SSSR count). The third kappa shape index (κ3) is 4.38. The number of amides is 1. The number of pyridine rings is 1. The predicted octanol–water partition coefficient (Wildman–Crippen LogP) is 5.03. The van der Waals surface area contributed by atoms with E-state index >= 15 is 0 Å². The van der Waals surface area contributed by atoms with Gasteiger partial charge in [-0.15, -0.1) is 0 Å². The molecule has 1 aromatic heterocycles. The van der Waals surface area contributed by atoms with Crippen molar-refractivity contribution >= 4 is 51.7 Å². The van der Waals surface area contributed by atoms with Crippen molar-refractivity contribution in [1.29, 1.82) is 0 Å². The van der Waals surface area contributed by atoms with Gasteiger partial charge in [-0.05, 0) is 44.2 Å². The summed E-state index contributed by atoms with van der Waals surface area (Å²) in [6, 6.07) is 13.6. The summed E-state index contributed by atoms with van der Waals surface area (Å²) in [5, 5.41) is 4.04. The van der Waals surface area contributed by atoms with Crippen LogP contribution in [0.2, 0.25) is 10.0 Å². The lowest BCUT2D eigenvalue weighted by molar-refractivity contribution is -0.123. The molecule has 0 radical (unpaired) electrons. The van der Waals surface area contributed by atoms with E-state index in [-0.39, 0.29) is 0 Å². The molecule has 0 saturated heterocycles. The second kappa shape index (κ2) is 7.94. The van der Waals surface area contributed by atoms with Crippen molar-refractivity contribution in [3.8, 4) is 0 Å². The van der Waals surface area contributed by atoms with Gasteiger partial charge in [0.15, 0.2) is 6.10 Å². The van der Waals surface area contributed by atoms with Gasteiger partial charge < -0.3 is 10.1 Å². The highest BCUT2D eigenvalue weighted by atomic mass is 35.5. The average Bonchev–Trinajstić information content (AvgIpc) is 2.63. The standard InChI is InChI=1S/C20H16Cl2N2O3/c1-11-9-15(14-5-3-4-6-17(14)23-11)20(26)27-12(2)19(25)24-18-10-13(21)7-8-16(18)22/h3-10,12H,1-2H3,(H,24,25). The Balaban J connectivity index is 1.78. The van der Waals surface area contributed by atoms with Crippen LogP contribution in [0.4, 0.5) is 5.69 Å². The number of para-hydroxylation sites is 1. The molecule has 5 nitrogen and oxygen atoms in total. The zero-order chi connectivity index (χ0) is 19.6. The van der Waals surface area contributed by atoms with Crippen molar-refractivity contribution in [2.24, 2.45) is 0 Å². The maximum atomic E-state index is 12.6. The van der Waals surface area contributed by atoms with E-state index in [9.17, 15) is 9.59 Å². The zero-order valence-electron chi connectivity index (χ0n) is 14.6. The molecule has 0 saturated carbocycles. The summed E-state index contributed by atoms with van der Waals surface area (Å²) in [5.74, 6) is -1.11. The minimum atomic E-state index is -1.03. The fourth-order valence-corrected chi connectivity index (χ4v) is 2.92. The number of carbonyl (C=O) groups excluding carboxylic acids is 2. The quantitative estimate of drug-likeness (QED) is 0.621. The minimum Gasteiger partial charge on any atom is -0.449 e. The second-order valence-corrected chi connectivity index (χ2v) is 6.83. The van der Waals surface area contributed by atoms with Crippen molar-refractivity contribution in [3.63, 3.8) is 0 Å². The Labute approximate surface area is 166 Å². The molecule has 0 fully saturated rings. The Morgan fingerprint density at radius 2 is 1.85 bits per heavy atom.